The molecule has 1 aliphatic rings. The van der Waals surface area contributed by atoms with Gasteiger partial charge in [-0.3, -0.25) is 0 Å². The SMILES string of the molecule is O=C1OCCC(/C=C/C(O)Cc2ccccc2)N1CCCCCCCO. The minimum Gasteiger partial charge on any atom is -0.449 e. The first-order valence-corrected chi connectivity index (χ1v) is 9.65. The zero-order valence-electron chi connectivity index (χ0n) is 15.4. The molecule has 0 aromatic heterocycles. The van der Waals surface area contributed by atoms with Gasteiger partial charge < -0.3 is 19.8 Å². The summed E-state index contributed by atoms with van der Waals surface area (Å²) in [5.41, 5.74) is 1.09. The maximum atomic E-state index is 12.1. The lowest BCUT2D eigenvalue weighted by molar-refractivity contribution is 0.0551. The fraction of sp³-hybridized carbons (Fsp3) is 0.571. The average Bonchev–Trinajstić information content (AvgIpc) is 2.65. The Morgan fingerprint density at radius 2 is 1.88 bits per heavy atom. The van der Waals surface area contributed by atoms with E-state index >= 15 is 0 Å². The first kappa shape index (κ1) is 20.5. The molecular formula is C21H31NO4. The highest BCUT2D eigenvalue weighted by atomic mass is 16.6. The second kappa shape index (κ2) is 11.7. The molecule has 1 fully saturated rings. The maximum Gasteiger partial charge on any atom is 0.410 e. The van der Waals surface area contributed by atoms with Crippen molar-refractivity contribution in [1.29, 1.82) is 0 Å². The third-order valence-electron chi connectivity index (χ3n) is 4.67. The van der Waals surface area contributed by atoms with E-state index in [4.69, 9.17) is 9.84 Å². The van der Waals surface area contributed by atoms with Gasteiger partial charge in [-0.25, -0.2) is 4.79 Å². The number of hydrogen-bond donors (Lipinski definition) is 2. The maximum absolute atomic E-state index is 12.1. The van der Waals surface area contributed by atoms with Crippen LogP contribution in [0.25, 0.3) is 0 Å². The molecule has 2 atom stereocenters. The molecule has 0 spiro atoms. The largest absolute Gasteiger partial charge is 0.449 e. The van der Waals surface area contributed by atoms with Crippen molar-refractivity contribution in [3.8, 4) is 0 Å². The lowest BCUT2D eigenvalue weighted by Crippen LogP contribution is -2.45. The molecule has 2 unspecified atom stereocenters. The van der Waals surface area contributed by atoms with Crippen LogP contribution in [0.2, 0.25) is 0 Å². The van der Waals surface area contributed by atoms with Gasteiger partial charge in [0.1, 0.15) is 0 Å². The number of unbranched alkanes of at least 4 members (excludes halogenated alkanes) is 4. The predicted molar refractivity (Wildman–Crippen MR) is 102 cm³/mol. The summed E-state index contributed by atoms with van der Waals surface area (Å²) in [5, 5.41) is 19.0. The Bertz CT molecular complexity index is 546. The highest BCUT2D eigenvalue weighted by molar-refractivity contribution is 5.69. The van der Waals surface area contributed by atoms with Gasteiger partial charge in [-0.2, -0.15) is 0 Å². The van der Waals surface area contributed by atoms with E-state index in [1.165, 1.54) is 0 Å². The predicted octanol–water partition coefficient (Wildman–Crippen LogP) is 3.30. The fourth-order valence-corrected chi connectivity index (χ4v) is 3.20. The molecule has 1 heterocycles. The third kappa shape index (κ3) is 7.18. The van der Waals surface area contributed by atoms with E-state index in [1.54, 1.807) is 11.0 Å². The van der Waals surface area contributed by atoms with Gasteiger partial charge in [-0.15, -0.1) is 0 Å². The van der Waals surface area contributed by atoms with Gasteiger partial charge in [-0.05, 0) is 18.4 Å². The van der Waals surface area contributed by atoms with Crippen molar-refractivity contribution in [2.24, 2.45) is 0 Å². The lowest BCUT2D eigenvalue weighted by Gasteiger charge is -2.33. The summed E-state index contributed by atoms with van der Waals surface area (Å²) in [4.78, 5) is 13.8. The summed E-state index contributed by atoms with van der Waals surface area (Å²) in [7, 11) is 0. The Labute approximate surface area is 156 Å². The first-order chi connectivity index (χ1) is 12.7. The Kier molecular flexibility index (Phi) is 9.21. The number of aliphatic hydroxyl groups excluding tert-OH is 2. The smallest absolute Gasteiger partial charge is 0.410 e. The number of nitrogens with zero attached hydrogens (tertiary/aromatic N) is 1. The number of carbonyl (C=O) groups excluding carboxylic acids is 1. The Morgan fingerprint density at radius 3 is 2.65 bits per heavy atom. The van der Waals surface area contributed by atoms with E-state index in [9.17, 15) is 9.90 Å². The topological polar surface area (TPSA) is 70.0 Å². The monoisotopic (exact) mass is 361 g/mol. The zero-order valence-corrected chi connectivity index (χ0v) is 15.4. The van der Waals surface area contributed by atoms with Crippen LogP contribution >= 0.6 is 0 Å². The summed E-state index contributed by atoms with van der Waals surface area (Å²) >= 11 is 0. The normalized spacial score (nSPS) is 18.9. The summed E-state index contributed by atoms with van der Waals surface area (Å²) in [6, 6.07) is 9.87. The molecule has 5 nitrogen and oxygen atoms in total. The summed E-state index contributed by atoms with van der Waals surface area (Å²) in [6.45, 7) is 1.34. The van der Waals surface area contributed by atoms with Gasteiger partial charge in [0.25, 0.3) is 0 Å². The number of cyclic esters (lactones) is 1. The third-order valence-corrected chi connectivity index (χ3v) is 4.67. The zero-order chi connectivity index (χ0) is 18.6. The molecule has 0 aliphatic carbocycles. The van der Waals surface area contributed by atoms with Crippen LogP contribution in [-0.2, 0) is 11.2 Å². The minimum atomic E-state index is -0.560. The lowest BCUT2D eigenvalue weighted by atomic mass is 10.0. The molecule has 1 aromatic rings. The molecule has 2 rings (SSSR count). The van der Waals surface area contributed by atoms with E-state index in [0.717, 1.165) is 44.1 Å². The molecule has 1 saturated heterocycles. The van der Waals surface area contributed by atoms with Crippen molar-refractivity contribution in [2.45, 2.75) is 57.1 Å². The van der Waals surface area contributed by atoms with E-state index in [0.29, 0.717) is 19.6 Å². The van der Waals surface area contributed by atoms with Crippen molar-refractivity contribution in [1.82, 2.24) is 4.90 Å². The van der Waals surface area contributed by atoms with Crippen LogP contribution in [-0.4, -0.2) is 53.1 Å². The van der Waals surface area contributed by atoms with Crippen LogP contribution in [0.4, 0.5) is 4.79 Å². The van der Waals surface area contributed by atoms with Crippen molar-refractivity contribution in [3.05, 3.63) is 48.0 Å². The van der Waals surface area contributed by atoms with Crippen LogP contribution in [0.15, 0.2) is 42.5 Å². The average molecular weight is 361 g/mol. The van der Waals surface area contributed by atoms with Crippen molar-refractivity contribution in [3.63, 3.8) is 0 Å². The Hall–Kier alpha value is -1.85. The number of amides is 1. The molecule has 144 valence electrons. The quantitative estimate of drug-likeness (QED) is 0.469. The van der Waals surface area contributed by atoms with Gasteiger partial charge in [0.2, 0.25) is 0 Å². The van der Waals surface area contributed by atoms with Gasteiger partial charge in [0.05, 0.1) is 18.8 Å². The highest BCUT2D eigenvalue weighted by Gasteiger charge is 2.27. The number of rotatable bonds is 11. The standard InChI is InChI=1S/C21H31NO4/c23-15-8-3-1-2-7-14-22-19(13-16-26-21(22)25)11-12-20(24)17-18-9-5-4-6-10-18/h4-6,9-12,19-20,23-24H,1-3,7-8,13-17H2/b12-11+. The molecule has 26 heavy (non-hydrogen) atoms. The fourth-order valence-electron chi connectivity index (χ4n) is 3.20. The Morgan fingerprint density at radius 1 is 1.15 bits per heavy atom. The Balaban J connectivity index is 1.81. The number of benzene rings is 1. The second-order valence-corrected chi connectivity index (χ2v) is 6.80. The number of aliphatic hydroxyl groups is 2. The van der Waals surface area contributed by atoms with Crippen LogP contribution in [0, 0.1) is 0 Å². The van der Waals surface area contributed by atoms with Crippen LogP contribution < -0.4 is 0 Å². The summed E-state index contributed by atoms with van der Waals surface area (Å²) in [5.74, 6) is 0. The molecule has 1 amide bonds. The molecule has 5 heteroatoms. The van der Waals surface area contributed by atoms with Gasteiger partial charge in [-0.1, -0.05) is 61.7 Å². The van der Waals surface area contributed by atoms with Gasteiger partial charge >= 0.3 is 6.09 Å². The van der Waals surface area contributed by atoms with E-state index < -0.39 is 6.10 Å². The molecule has 1 aromatic carbocycles. The van der Waals surface area contributed by atoms with Crippen molar-refractivity contribution < 1.29 is 19.7 Å². The molecule has 0 saturated carbocycles. The first-order valence-electron chi connectivity index (χ1n) is 9.65. The summed E-state index contributed by atoms with van der Waals surface area (Å²) < 4.78 is 5.18. The molecule has 0 radical (unpaired) electrons. The van der Waals surface area contributed by atoms with Crippen LogP contribution in [0.1, 0.15) is 44.1 Å². The van der Waals surface area contributed by atoms with Gasteiger partial charge in [0.15, 0.2) is 0 Å². The van der Waals surface area contributed by atoms with Gasteiger partial charge in [0, 0.05) is 26.0 Å². The second-order valence-electron chi connectivity index (χ2n) is 6.80. The number of ether oxygens (including phenoxy) is 1. The van der Waals surface area contributed by atoms with Crippen LogP contribution in [0.3, 0.4) is 0 Å². The number of carbonyl (C=O) groups is 1. The molecule has 2 N–H and O–H groups in total. The summed E-state index contributed by atoms with van der Waals surface area (Å²) in [6.07, 6.45) is 9.14. The van der Waals surface area contributed by atoms with Crippen LogP contribution in [0.5, 0.6) is 0 Å². The van der Waals surface area contributed by atoms with Crippen molar-refractivity contribution >= 4 is 6.09 Å². The van der Waals surface area contributed by atoms with E-state index in [1.807, 2.05) is 36.4 Å². The van der Waals surface area contributed by atoms with E-state index in [2.05, 4.69) is 0 Å². The minimum absolute atomic E-state index is 0.0147. The molecular weight excluding hydrogens is 330 g/mol. The molecule has 1 aliphatic heterocycles. The highest BCUT2D eigenvalue weighted by Crippen LogP contribution is 2.17. The number of hydrogen-bond acceptors (Lipinski definition) is 4. The van der Waals surface area contributed by atoms with E-state index in [-0.39, 0.29) is 18.7 Å². The van der Waals surface area contributed by atoms with Crippen molar-refractivity contribution in [2.75, 3.05) is 19.8 Å². The molecule has 0 bridgehead atoms.